The van der Waals surface area contributed by atoms with Gasteiger partial charge in [0.15, 0.2) is 0 Å². The van der Waals surface area contributed by atoms with Crippen LogP contribution in [0.1, 0.15) is 35.8 Å². The molecule has 5 nitrogen and oxygen atoms in total. The minimum atomic E-state index is 0. The molecule has 1 fully saturated rings. The minimum Gasteiger partial charge on any atom is -0.493 e. The van der Waals surface area contributed by atoms with Gasteiger partial charge in [0.1, 0.15) is 5.75 Å². The van der Waals surface area contributed by atoms with Crippen LogP contribution in [0.2, 0.25) is 0 Å². The number of benzene rings is 2. The van der Waals surface area contributed by atoms with Crippen LogP contribution in [0, 0.1) is 0 Å². The minimum absolute atomic E-state index is 0. The maximum atomic E-state index is 5.80. The smallest absolute Gasteiger partial charge is 0.231 e. The number of para-hydroxylation sites is 1. The predicted molar refractivity (Wildman–Crippen MR) is 100 cm³/mol. The van der Waals surface area contributed by atoms with Crippen molar-refractivity contribution in [2.45, 2.75) is 30.7 Å². The fourth-order valence-corrected chi connectivity index (χ4v) is 3.97. The molecule has 0 saturated heterocycles. The highest BCUT2D eigenvalue weighted by molar-refractivity contribution is 5.85. The Balaban J connectivity index is 0.00000168. The molecule has 0 amide bonds. The van der Waals surface area contributed by atoms with Crippen molar-refractivity contribution in [3.05, 3.63) is 65.5 Å². The van der Waals surface area contributed by atoms with Gasteiger partial charge in [-0.05, 0) is 24.5 Å². The van der Waals surface area contributed by atoms with Crippen molar-refractivity contribution >= 4 is 12.4 Å². The molecule has 2 aliphatic rings. The van der Waals surface area contributed by atoms with E-state index in [1.54, 1.807) is 0 Å². The third-order valence-electron chi connectivity index (χ3n) is 5.49. The van der Waals surface area contributed by atoms with E-state index in [4.69, 9.17) is 15.0 Å². The lowest BCUT2D eigenvalue weighted by molar-refractivity contribution is 0.254. The van der Waals surface area contributed by atoms with E-state index in [1.165, 1.54) is 5.56 Å². The summed E-state index contributed by atoms with van der Waals surface area (Å²) in [4.78, 5) is 4.67. The lowest BCUT2D eigenvalue weighted by atomic mass is 9.87. The second kappa shape index (κ2) is 6.41. The number of nitrogens with two attached hydrogens (primary N) is 1. The van der Waals surface area contributed by atoms with E-state index in [9.17, 15) is 0 Å². The summed E-state index contributed by atoms with van der Waals surface area (Å²) >= 11 is 0. The fraction of sp³-hybridized carbons (Fsp3) is 0.300. The van der Waals surface area contributed by atoms with Crippen molar-refractivity contribution in [1.82, 2.24) is 10.1 Å². The number of rotatable bonds is 3. The molecule has 1 spiro atoms. The Labute approximate surface area is 158 Å². The summed E-state index contributed by atoms with van der Waals surface area (Å²) in [6.07, 6.45) is 2.04. The zero-order valence-corrected chi connectivity index (χ0v) is 15.0. The van der Waals surface area contributed by atoms with E-state index in [1.807, 2.05) is 36.4 Å². The molecule has 5 rings (SSSR count). The third kappa shape index (κ3) is 2.59. The summed E-state index contributed by atoms with van der Waals surface area (Å²) in [6.45, 7) is 1.28. The first-order chi connectivity index (χ1) is 12.3. The zero-order chi connectivity index (χ0) is 16.9. The van der Waals surface area contributed by atoms with Crippen LogP contribution in [0.15, 0.2) is 53.1 Å². The molecule has 2 N–H and O–H groups in total. The molecular weight excluding hydrogens is 350 g/mol. The molecule has 2 atom stereocenters. The van der Waals surface area contributed by atoms with E-state index in [0.717, 1.165) is 42.2 Å². The molecule has 2 unspecified atom stereocenters. The van der Waals surface area contributed by atoms with Gasteiger partial charge in [0.2, 0.25) is 11.7 Å². The number of aromatic nitrogens is 2. The van der Waals surface area contributed by atoms with Crippen LogP contribution in [0.4, 0.5) is 0 Å². The van der Waals surface area contributed by atoms with Crippen molar-refractivity contribution in [1.29, 1.82) is 0 Å². The predicted octanol–water partition coefficient (Wildman–Crippen LogP) is 3.82. The topological polar surface area (TPSA) is 74.2 Å². The molecule has 1 aliphatic carbocycles. The Morgan fingerprint density at radius 1 is 1.12 bits per heavy atom. The summed E-state index contributed by atoms with van der Waals surface area (Å²) in [7, 11) is 0. The van der Waals surface area contributed by atoms with Crippen LogP contribution >= 0.6 is 12.4 Å². The Hall–Kier alpha value is -2.37. The summed E-state index contributed by atoms with van der Waals surface area (Å²) in [5, 5.41) is 4.19. The highest BCUT2D eigenvalue weighted by atomic mass is 35.5. The summed E-state index contributed by atoms with van der Waals surface area (Å²) in [6, 6.07) is 16.3. The Kier molecular flexibility index (Phi) is 4.21. The summed E-state index contributed by atoms with van der Waals surface area (Å²) < 4.78 is 11.4. The first-order valence-electron chi connectivity index (χ1n) is 8.65. The van der Waals surface area contributed by atoms with Crippen molar-refractivity contribution in [3.63, 3.8) is 0 Å². The van der Waals surface area contributed by atoms with E-state index < -0.39 is 0 Å². The SMILES string of the molecule is Cl.NCc1ccc(-c2noc(C3CC34CCOc3ccccc34)n2)cc1. The highest BCUT2D eigenvalue weighted by Crippen LogP contribution is 2.65. The van der Waals surface area contributed by atoms with Gasteiger partial charge in [0.05, 0.1) is 6.61 Å². The second-order valence-electron chi connectivity index (χ2n) is 6.86. The van der Waals surface area contributed by atoms with Gasteiger partial charge >= 0.3 is 0 Å². The quantitative estimate of drug-likeness (QED) is 0.759. The first-order valence-corrected chi connectivity index (χ1v) is 8.65. The van der Waals surface area contributed by atoms with Crippen LogP contribution in [-0.2, 0) is 12.0 Å². The molecule has 0 radical (unpaired) electrons. The standard InChI is InChI=1S/C20H19N3O2.ClH/c21-12-13-5-7-14(8-6-13)18-22-19(25-23-18)16-11-20(16)9-10-24-17-4-2-1-3-15(17)20;/h1-8,16H,9-12,21H2;1H. The van der Waals surface area contributed by atoms with Crippen LogP contribution in [-0.4, -0.2) is 16.7 Å². The van der Waals surface area contributed by atoms with Gasteiger partial charge in [0.25, 0.3) is 0 Å². The monoisotopic (exact) mass is 369 g/mol. The molecule has 6 heteroatoms. The van der Waals surface area contributed by atoms with Crippen molar-refractivity contribution < 1.29 is 9.26 Å². The van der Waals surface area contributed by atoms with Gasteiger partial charge in [0, 0.05) is 29.0 Å². The van der Waals surface area contributed by atoms with E-state index in [-0.39, 0.29) is 23.7 Å². The van der Waals surface area contributed by atoms with E-state index in [2.05, 4.69) is 22.3 Å². The van der Waals surface area contributed by atoms with Crippen molar-refractivity contribution in [3.8, 4) is 17.1 Å². The normalized spacial score (nSPS) is 23.0. The van der Waals surface area contributed by atoms with Crippen LogP contribution in [0.3, 0.4) is 0 Å². The third-order valence-corrected chi connectivity index (χ3v) is 5.49. The van der Waals surface area contributed by atoms with Gasteiger partial charge in [-0.25, -0.2) is 0 Å². The number of hydrogen-bond acceptors (Lipinski definition) is 5. The Morgan fingerprint density at radius 3 is 2.73 bits per heavy atom. The number of hydrogen-bond donors (Lipinski definition) is 1. The van der Waals surface area contributed by atoms with Gasteiger partial charge in [-0.3, -0.25) is 0 Å². The van der Waals surface area contributed by atoms with Crippen LogP contribution in [0.25, 0.3) is 11.4 Å². The Morgan fingerprint density at radius 2 is 1.92 bits per heavy atom. The van der Waals surface area contributed by atoms with Gasteiger partial charge in [-0.15, -0.1) is 12.4 Å². The molecule has 134 valence electrons. The maximum absolute atomic E-state index is 5.80. The van der Waals surface area contributed by atoms with Gasteiger partial charge in [-0.1, -0.05) is 47.6 Å². The molecule has 2 aromatic carbocycles. The van der Waals surface area contributed by atoms with E-state index in [0.29, 0.717) is 12.4 Å². The summed E-state index contributed by atoms with van der Waals surface area (Å²) in [5.74, 6) is 2.64. The van der Waals surface area contributed by atoms with Crippen LogP contribution in [0.5, 0.6) is 5.75 Å². The molecule has 1 aliphatic heterocycles. The van der Waals surface area contributed by atoms with Gasteiger partial charge < -0.3 is 15.0 Å². The van der Waals surface area contributed by atoms with Crippen LogP contribution < -0.4 is 10.5 Å². The fourth-order valence-electron chi connectivity index (χ4n) is 3.97. The number of ether oxygens (including phenoxy) is 1. The molecule has 1 saturated carbocycles. The number of fused-ring (bicyclic) bond motifs is 2. The second-order valence-corrected chi connectivity index (χ2v) is 6.86. The molecule has 26 heavy (non-hydrogen) atoms. The lowest BCUT2D eigenvalue weighted by Gasteiger charge is -2.26. The average Bonchev–Trinajstić information content (AvgIpc) is 3.16. The largest absolute Gasteiger partial charge is 0.493 e. The van der Waals surface area contributed by atoms with E-state index >= 15 is 0 Å². The van der Waals surface area contributed by atoms with Crippen molar-refractivity contribution in [2.24, 2.45) is 5.73 Å². The zero-order valence-electron chi connectivity index (χ0n) is 14.2. The molecule has 3 aromatic rings. The molecular formula is C20H20ClN3O2. The molecule has 2 heterocycles. The summed E-state index contributed by atoms with van der Waals surface area (Å²) in [5.41, 5.74) is 9.07. The first kappa shape index (κ1) is 17.1. The maximum Gasteiger partial charge on any atom is 0.231 e. The highest BCUT2D eigenvalue weighted by Gasteiger charge is 2.60. The average molecular weight is 370 g/mol. The lowest BCUT2D eigenvalue weighted by Crippen LogP contribution is -2.21. The molecule has 1 aromatic heterocycles. The number of nitrogens with zero attached hydrogens (tertiary/aromatic N) is 2. The number of halogens is 1. The van der Waals surface area contributed by atoms with Gasteiger partial charge in [-0.2, -0.15) is 4.98 Å². The van der Waals surface area contributed by atoms with Crippen molar-refractivity contribution in [2.75, 3.05) is 6.61 Å². The molecule has 0 bridgehead atoms. The Bertz CT molecular complexity index is 925.